The summed E-state index contributed by atoms with van der Waals surface area (Å²) in [5, 5.41) is 9.90. The number of carbonyl (C=O) groups excluding carboxylic acids is 2. The van der Waals surface area contributed by atoms with Crippen LogP contribution in [0.15, 0.2) is 0 Å². The molecule has 1 amide bonds. The Kier molecular flexibility index (Phi) is 3.24. The van der Waals surface area contributed by atoms with Gasteiger partial charge in [0.2, 0.25) is 0 Å². The minimum absolute atomic E-state index is 0.323. The summed E-state index contributed by atoms with van der Waals surface area (Å²) in [5.41, 5.74) is 0. The van der Waals surface area contributed by atoms with Gasteiger partial charge in [0.1, 0.15) is 23.6 Å². The predicted octanol–water partition coefficient (Wildman–Crippen LogP) is -0.676. The molecule has 3 rings (SSSR count). The van der Waals surface area contributed by atoms with Gasteiger partial charge in [-0.25, -0.2) is 4.79 Å². The Morgan fingerprint density at radius 3 is 2.85 bits per heavy atom. The van der Waals surface area contributed by atoms with Crippen LogP contribution in [0.4, 0.5) is 0 Å². The minimum atomic E-state index is -0.919. The predicted molar refractivity (Wildman–Crippen MR) is 68.7 cm³/mol. The van der Waals surface area contributed by atoms with Crippen molar-refractivity contribution in [3.05, 3.63) is 0 Å². The fraction of sp³-hybridized carbons (Fsp3) is 0.833. The number of rotatable bonds is 1. The molecule has 112 valence electrons. The van der Waals surface area contributed by atoms with Crippen LogP contribution in [0.3, 0.4) is 0 Å². The third-order valence-corrected chi connectivity index (χ3v) is 5.12. The zero-order chi connectivity index (χ0) is 14.7. The number of fused-ring (bicyclic) bond motifs is 2. The van der Waals surface area contributed by atoms with E-state index in [1.54, 1.807) is 13.8 Å². The highest BCUT2D eigenvalue weighted by atomic mass is 32.2. The maximum atomic E-state index is 12.5. The highest BCUT2D eigenvalue weighted by Gasteiger charge is 2.61. The van der Waals surface area contributed by atoms with E-state index in [2.05, 4.69) is 0 Å². The lowest BCUT2D eigenvalue weighted by Gasteiger charge is -2.39. The lowest BCUT2D eigenvalue weighted by atomic mass is 9.99. The summed E-state index contributed by atoms with van der Waals surface area (Å²) in [6.45, 7) is 3.39. The van der Waals surface area contributed by atoms with E-state index in [9.17, 15) is 14.7 Å². The van der Waals surface area contributed by atoms with Gasteiger partial charge in [-0.05, 0) is 13.8 Å². The van der Waals surface area contributed by atoms with Crippen molar-refractivity contribution in [3.8, 4) is 0 Å². The monoisotopic (exact) mass is 303 g/mol. The first-order chi connectivity index (χ1) is 9.35. The number of piperidine rings is 1. The van der Waals surface area contributed by atoms with Gasteiger partial charge in [0, 0.05) is 5.75 Å². The largest absolute Gasteiger partial charge is 0.467 e. The molecule has 5 atom stereocenters. The zero-order valence-electron chi connectivity index (χ0n) is 11.4. The molecule has 20 heavy (non-hydrogen) atoms. The molecule has 7 nitrogen and oxygen atoms in total. The number of hydrogen-bond acceptors (Lipinski definition) is 7. The van der Waals surface area contributed by atoms with Gasteiger partial charge in [0.05, 0.1) is 7.11 Å². The second-order valence-electron chi connectivity index (χ2n) is 5.52. The Morgan fingerprint density at radius 2 is 2.20 bits per heavy atom. The molecule has 8 heteroatoms. The number of carbonyl (C=O) groups is 2. The molecule has 0 radical (unpaired) electrons. The van der Waals surface area contributed by atoms with Crippen LogP contribution in [0.1, 0.15) is 13.8 Å². The number of hydrogen-bond donors (Lipinski definition) is 1. The van der Waals surface area contributed by atoms with E-state index in [4.69, 9.17) is 14.2 Å². The van der Waals surface area contributed by atoms with Crippen LogP contribution in [0, 0.1) is 0 Å². The summed E-state index contributed by atoms with van der Waals surface area (Å²) in [6.07, 6.45) is -2.45. The maximum Gasteiger partial charge on any atom is 0.329 e. The number of thioether (sulfide) groups is 1. The third-order valence-electron chi connectivity index (χ3n) is 3.76. The van der Waals surface area contributed by atoms with Gasteiger partial charge in [-0.2, -0.15) is 0 Å². The molecule has 0 aromatic carbocycles. The first kappa shape index (κ1) is 14.1. The number of nitrogens with zero attached hydrogens (tertiary/aromatic N) is 1. The Hall–Kier alpha value is -0.830. The molecule has 0 aromatic rings. The molecule has 3 heterocycles. The second-order valence-corrected chi connectivity index (χ2v) is 6.67. The molecule has 3 aliphatic heterocycles. The van der Waals surface area contributed by atoms with E-state index in [-0.39, 0.29) is 5.91 Å². The van der Waals surface area contributed by atoms with Crippen molar-refractivity contribution < 1.29 is 28.9 Å². The minimum Gasteiger partial charge on any atom is -0.467 e. The molecule has 1 N–H and O–H groups in total. The van der Waals surface area contributed by atoms with Crippen molar-refractivity contribution in [2.24, 2.45) is 0 Å². The molecular weight excluding hydrogens is 286 g/mol. The molecule has 0 aliphatic carbocycles. The van der Waals surface area contributed by atoms with E-state index in [0.29, 0.717) is 5.75 Å². The van der Waals surface area contributed by atoms with Gasteiger partial charge in [-0.15, -0.1) is 11.8 Å². The molecule has 3 fully saturated rings. The summed E-state index contributed by atoms with van der Waals surface area (Å²) in [4.78, 5) is 25.7. The fourth-order valence-corrected chi connectivity index (χ4v) is 4.37. The van der Waals surface area contributed by atoms with Crippen molar-refractivity contribution in [2.45, 2.75) is 49.4 Å². The Morgan fingerprint density at radius 1 is 1.50 bits per heavy atom. The molecule has 3 saturated heterocycles. The highest BCUT2D eigenvalue weighted by molar-refractivity contribution is 8.00. The number of aliphatic hydroxyl groups is 1. The Balaban J connectivity index is 1.90. The molecule has 0 unspecified atom stereocenters. The van der Waals surface area contributed by atoms with E-state index < -0.39 is 41.5 Å². The standard InChI is InChI=1S/C12H17NO6S/c1-12(2)18-7-6(14)10-13(9(15)8(7)19-12)5(4-20-10)11(16)17-3/h5-8,10,14H,4H2,1-3H3/t5-,6-,7+,8+,10-/m0/s1. The number of ether oxygens (including phenoxy) is 3. The number of amides is 1. The summed E-state index contributed by atoms with van der Waals surface area (Å²) >= 11 is 1.36. The zero-order valence-corrected chi connectivity index (χ0v) is 12.3. The number of esters is 1. The number of aliphatic hydroxyl groups excluding tert-OH is 1. The van der Waals surface area contributed by atoms with E-state index in [1.807, 2.05) is 0 Å². The Labute approximate surface area is 120 Å². The average molecular weight is 303 g/mol. The van der Waals surface area contributed by atoms with E-state index >= 15 is 0 Å². The van der Waals surface area contributed by atoms with Crippen LogP contribution in [-0.2, 0) is 23.8 Å². The summed E-state index contributed by atoms with van der Waals surface area (Å²) in [7, 11) is 1.28. The van der Waals surface area contributed by atoms with Crippen LogP contribution in [-0.4, -0.2) is 70.3 Å². The van der Waals surface area contributed by atoms with E-state index in [0.717, 1.165) is 0 Å². The topological polar surface area (TPSA) is 85.3 Å². The Bertz CT molecular complexity index is 455. The number of methoxy groups -OCH3 is 1. The van der Waals surface area contributed by atoms with Gasteiger partial charge in [0.25, 0.3) is 5.91 Å². The summed E-state index contributed by atoms with van der Waals surface area (Å²) in [6, 6.07) is -0.676. The molecule has 3 aliphatic rings. The van der Waals surface area contributed by atoms with Gasteiger partial charge < -0.3 is 24.2 Å². The second kappa shape index (κ2) is 4.59. The van der Waals surface area contributed by atoms with Crippen LogP contribution in [0.2, 0.25) is 0 Å². The maximum absolute atomic E-state index is 12.5. The lowest BCUT2D eigenvalue weighted by molar-refractivity contribution is -0.166. The first-order valence-corrected chi connectivity index (χ1v) is 7.46. The fourth-order valence-electron chi connectivity index (χ4n) is 2.93. The van der Waals surface area contributed by atoms with Gasteiger partial charge in [0.15, 0.2) is 11.9 Å². The van der Waals surface area contributed by atoms with Crippen LogP contribution < -0.4 is 0 Å². The lowest BCUT2D eigenvalue weighted by Crippen LogP contribution is -2.63. The van der Waals surface area contributed by atoms with E-state index in [1.165, 1.54) is 23.8 Å². The van der Waals surface area contributed by atoms with Crippen molar-refractivity contribution >= 4 is 23.6 Å². The highest BCUT2D eigenvalue weighted by Crippen LogP contribution is 2.43. The SMILES string of the molecule is COC(=O)[C@@H]1CS[C@H]2[C@@H](O)[C@H]3OC(C)(C)O[C@H]3C(=O)N12. The molecule has 0 aromatic heterocycles. The van der Waals surface area contributed by atoms with Crippen molar-refractivity contribution in [1.29, 1.82) is 0 Å². The average Bonchev–Trinajstić information content (AvgIpc) is 2.96. The smallest absolute Gasteiger partial charge is 0.329 e. The first-order valence-electron chi connectivity index (χ1n) is 6.41. The molecular formula is C12H17NO6S. The molecule has 0 bridgehead atoms. The van der Waals surface area contributed by atoms with Crippen LogP contribution >= 0.6 is 11.8 Å². The van der Waals surface area contributed by atoms with Gasteiger partial charge >= 0.3 is 5.97 Å². The van der Waals surface area contributed by atoms with Crippen molar-refractivity contribution in [3.63, 3.8) is 0 Å². The summed E-state index contributed by atoms with van der Waals surface area (Å²) < 4.78 is 15.9. The summed E-state index contributed by atoms with van der Waals surface area (Å²) in [5.74, 6) is -1.31. The van der Waals surface area contributed by atoms with Gasteiger partial charge in [-0.1, -0.05) is 0 Å². The molecule has 0 spiro atoms. The quantitative estimate of drug-likeness (QED) is 0.643. The van der Waals surface area contributed by atoms with Crippen LogP contribution in [0.5, 0.6) is 0 Å². The van der Waals surface area contributed by atoms with Crippen molar-refractivity contribution in [1.82, 2.24) is 4.90 Å². The third kappa shape index (κ3) is 1.93. The normalized spacial score (nSPS) is 42.3. The van der Waals surface area contributed by atoms with Crippen LogP contribution in [0.25, 0.3) is 0 Å². The van der Waals surface area contributed by atoms with Gasteiger partial charge in [-0.3, -0.25) is 4.79 Å². The molecule has 0 saturated carbocycles. The van der Waals surface area contributed by atoms with Crippen molar-refractivity contribution in [2.75, 3.05) is 12.9 Å².